The summed E-state index contributed by atoms with van der Waals surface area (Å²) >= 11 is 0. The highest BCUT2D eigenvalue weighted by atomic mass is 16.2. The average molecular weight is 2080 g/mol. The summed E-state index contributed by atoms with van der Waals surface area (Å²) < 4.78 is 0. The van der Waals surface area contributed by atoms with E-state index in [1.807, 2.05) is 154 Å². The van der Waals surface area contributed by atoms with Crippen LogP contribution in [0.5, 0.6) is 0 Å². The van der Waals surface area contributed by atoms with Crippen molar-refractivity contribution in [3.8, 4) is 0 Å². The maximum atomic E-state index is 14.5. The van der Waals surface area contributed by atoms with Gasteiger partial charge in [-0.3, -0.25) is 71.9 Å². The molecule has 1 aromatic rings. The number of likely N-dealkylation sites (tertiary alicyclic amines) is 5. The second kappa shape index (κ2) is 49.7. The quantitative estimate of drug-likeness (QED) is 0.0214. The number of hydrogen-bond donors (Lipinski definition) is 12. The molecule has 830 valence electrons. The second-order valence-electron chi connectivity index (χ2n) is 51.2. The fourth-order valence-electron chi connectivity index (χ4n) is 23.4. The number of Topliss-reactive ketones (excluding diaryl/α,β-unsaturated/α-hetero) is 3. The van der Waals surface area contributed by atoms with Gasteiger partial charge < -0.3 is 93.2 Å². The largest absolute Gasteiger partial charge is 0.347 e. The third-order valence-corrected chi connectivity index (χ3v) is 33.5. The Balaban J connectivity index is 0.000000229. The monoisotopic (exact) mass is 2080 g/mol. The molecule has 36 heteroatoms. The Hall–Kier alpha value is -10.8. The van der Waals surface area contributed by atoms with E-state index < -0.39 is 153 Å². The first kappa shape index (κ1) is 120. The number of carbonyl (C=O) groups is 18. The van der Waals surface area contributed by atoms with Crippen LogP contribution in [-0.4, -0.2) is 280 Å². The van der Waals surface area contributed by atoms with Crippen LogP contribution in [0.2, 0.25) is 0 Å². The van der Waals surface area contributed by atoms with Gasteiger partial charge in [0.15, 0.2) is 0 Å². The lowest BCUT2D eigenvalue weighted by Gasteiger charge is -2.40. The van der Waals surface area contributed by atoms with Crippen molar-refractivity contribution in [3.05, 3.63) is 60.7 Å². The fourth-order valence-corrected chi connectivity index (χ4v) is 23.4. The number of fused-ring (bicyclic) bond motifs is 4. The Morgan fingerprint density at radius 3 is 1.10 bits per heavy atom. The molecule has 1 aromatic carbocycles. The van der Waals surface area contributed by atoms with E-state index in [4.69, 9.17) is 0 Å². The van der Waals surface area contributed by atoms with Crippen LogP contribution in [-0.2, 0) is 84.9 Å². The summed E-state index contributed by atoms with van der Waals surface area (Å²) in [5.41, 5.74) is -1.34. The molecular formula is C113H180N18O18. The predicted molar refractivity (Wildman–Crippen MR) is 569 cm³/mol. The lowest BCUT2D eigenvalue weighted by molar-refractivity contribution is -0.145. The molecule has 5 aliphatic carbocycles. The normalized spacial score (nSPS) is 24.3. The van der Waals surface area contributed by atoms with Crippen LogP contribution in [0.4, 0.5) is 14.4 Å². The maximum Gasteiger partial charge on any atom is 0.315 e. The fraction of sp³-hybridized carbons (Fsp3) is 0.752. The van der Waals surface area contributed by atoms with Crippen LogP contribution in [0.15, 0.2) is 49.6 Å². The molecule has 0 radical (unpaired) electrons. The number of urea groups is 3. The van der Waals surface area contributed by atoms with Gasteiger partial charge in [-0.15, -0.1) is 13.2 Å². The Kier molecular flexibility index (Phi) is 40.0. The van der Waals surface area contributed by atoms with Gasteiger partial charge >= 0.3 is 18.1 Å². The molecule has 149 heavy (non-hydrogen) atoms. The molecule has 5 saturated heterocycles. The summed E-state index contributed by atoms with van der Waals surface area (Å²) in [5, 5.41) is 34.4. The van der Waals surface area contributed by atoms with Gasteiger partial charge in [-0.25, -0.2) is 14.4 Å². The number of carbonyl (C=O) groups excluding carboxylic acids is 18. The van der Waals surface area contributed by atoms with Crippen molar-refractivity contribution in [2.75, 3.05) is 65.4 Å². The Labute approximate surface area is 884 Å². The number of benzene rings is 1. The van der Waals surface area contributed by atoms with Crippen LogP contribution < -0.4 is 63.8 Å². The van der Waals surface area contributed by atoms with Gasteiger partial charge in [0.1, 0.15) is 36.3 Å². The summed E-state index contributed by atoms with van der Waals surface area (Å²) in [5.74, 6) is -6.51. The van der Waals surface area contributed by atoms with Crippen molar-refractivity contribution in [3.63, 3.8) is 0 Å². The van der Waals surface area contributed by atoms with Crippen molar-refractivity contribution in [1.29, 1.82) is 0 Å². The number of unbranched alkanes of at least 4 members (excludes halogenated alkanes) is 2. The van der Waals surface area contributed by atoms with Gasteiger partial charge in [0.25, 0.3) is 17.7 Å². The maximum absolute atomic E-state index is 14.5. The third-order valence-electron chi connectivity index (χ3n) is 33.5. The van der Waals surface area contributed by atoms with Gasteiger partial charge in [0.2, 0.25) is 70.5 Å². The van der Waals surface area contributed by atoms with Gasteiger partial charge in [-0.05, 0) is 167 Å². The first-order valence-corrected chi connectivity index (χ1v) is 55.2. The first-order valence-electron chi connectivity index (χ1n) is 55.2. The lowest BCUT2D eigenvalue weighted by Crippen LogP contribution is -2.63. The van der Waals surface area contributed by atoms with Crippen LogP contribution in [0, 0.1) is 84.7 Å². The summed E-state index contributed by atoms with van der Waals surface area (Å²) in [6.45, 7) is 58.5. The molecule has 5 saturated carbocycles. The number of piperidine rings is 5. The Morgan fingerprint density at radius 1 is 0.396 bits per heavy atom. The van der Waals surface area contributed by atoms with Crippen LogP contribution >= 0.6 is 0 Å². The molecule has 0 spiro atoms. The molecule has 18 atom stereocenters. The topological polar surface area (TPSA) is 471 Å². The van der Waals surface area contributed by atoms with Crippen LogP contribution in [0.1, 0.15) is 312 Å². The van der Waals surface area contributed by atoms with Crippen molar-refractivity contribution in [2.24, 2.45) is 84.7 Å². The summed E-state index contributed by atoms with van der Waals surface area (Å²) in [6.07, 6.45) is 19.2. The van der Waals surface area contributed by atoms with Crippen molar-refractivity contribution < 1.29 is 86.3 Å². The molecule has 18 amide bonds. The molecule has 3 unspecified atom stereocenters. The smallest absolute Gasteiger partial charge is 0.315 e. The number of ketones is 3. The SMILES string of the molecule is C=CCNC(=O)C(=O)C(CCCC)NC(=O)[C@@H]1[C@@H]2[C@H](CN1C(=O)[C@@H](NC(=O)N[C@H](CN1CCCCC1=O)C1CCCCC1)C(C)(C)C)C2(C)C.C=CCNC(=O)C(=O)C(CCCC)NC(=O)[C@@H]1[C@@H]2[C@H](CN1C(=O)[C@@H](NC(=O)N[C@H](CN1Cc3ccccc3CC1=O)C(C)(C)C)C(C)(C)C)C2(C)C.CCCC(NC(=O)[C@@H]1[C@@H]2[C@H](CN1C(=O)[C@@H](NC(=O)N[C@H](CN1CCCCC1=O)C(C)(C)C)C(C)(C)C)C2(C)C)C(=O)C(=O)NC1CC1. The predicted octanol–water partition coefficient (Wildman–Crippen LogP) is 10.2. The standard InChI is InChI=1S/C40H60N6O6.C38H62N6O6.C35H58N6O6/c1-11-13-18-27(32(48)35(50)41-19-12-2)42-34(49)31-30-26(40(30,9)10)22-46(31)36(51)33(39(6,7)8)44-37(52)43-28(38(3,4)5)23-45-21-25-17-15-14-16-24(25)20-29(45)47;1-8-10-18-26(31(46)34(48)39-20-9-2)40-33(47)30-29-25(38(29,6)7)22-44(30)35(49)32(37(3,4)5)42-36(50)41-27(24-16-12-11-13-17-24)23-43-21-15-14-19-28(43)45;1-10-13-22(27(43)30(45)36-20-15-16-20)37-29(44)26-25-21(35(25,8)9)18-41(26)31(46)28(34(5,6)7)39-32(47)38-23(33(2,3)4)19-40-17-12-11-14-24(40)42/h12,14-17,26-28,30-31,33H,2,11,13,18-23H2,1,3-10H3,(H,41,50)(H,42,49)(H2,43,44,52);9,24-27,29-30,32H,2,8,10-23H2,1,3-7H3,(H,39,48)(H,40,47)(H2,41,42,50);20-23,25-26,28H,10-19H2,1-9H3,(H,36,45)(H,37,44)(H2,38,39,47)/t26-,27?,28+,30-,31-,33+;25-,26?,27+,29-,30-,32+;21-,22?,23+,25-,26-,28+/m000/s1. The molecular weight excluding hydrogens is 1900 g/mol. The van der Waals surface area contributed by atoms with E-state index in [1.54, 1.807) is 24.5 Å². The van der Waals surface area contributed by atoms with E-state index >= 15 is 0 Å². The zero-order valence-electron chi connectivity index (χ0n) is 93.8. The summed E-state index contributed by atoms with van der Waals surface area (Å²) in [4.78, 5) is 252. The summed E-state index contributed by atoms with van der Waals surface area (Å²) in [6, 6.07) is -3.10. The van der Waals surface area contributed by atoms with Gasteiger partial charge in [-0.1, -0.05) is 254 Å². The lowest BCUT2D eigenvalue weighted by atomic mass is 9.83. The zero-order valence-corrected chi connectivity index (χ0v) is 93.8. The minimum Gasteiger partial charge on any atom is -0.347 e. The van der Waals surface area contributed by atoms with E-state index in [9.17, 15) is 86.3 Å². The van der Waals surface area contributed by atoms with E-state index in [1.165, 1.54) is 12.2 Å². The van der Waals surface area contributed by atoms with E-state index in [0.717, 1.165) is 94.6 Å². The molecule has 12 rings (SSSR count). The van der Waals surface area contributed by atoms with E-state index in [-0.39, 0.29) is 136 Å². The van der Waals surface area contributed by atoms with Gasteiger partial charge in [-0.2, -0.15) is 0 Å². The minimum absolute atomic E-state index is 0.00577. The number of amides is 18. The van der Waals surface area contributed by atoms with Gasteiger partial charge in [0, 0.05) is 90.9 Å². The van der Waals surface area contributed by atoms with E-state index in [0.29, 0.717) is 110 Å². The van der Waals surface area contributed by atoms with Crippen molar-refractivity contribution in [2.45, 2.75) is 393 Å². The molecule has 11 aliphatic rings. The Morgan fingerprint density at radius 2 is 0.752 bits per heavy atom. The molecule has 6 heterocycles. The number of nitrogens with one attached hydrogen (secondary N) is 12. The Bertz CT molecular complexity index is 5060. The molecule has 10 fully saturated rings. The highest BCUT2D eigenvalue weighted by molar-refractivity contribution is 6.39. The first-order chi connectivity index (χ1) is 69.6. The van der Waals surface area contributed by atoms with Crippen molar-refractivity contribution >= 4 is 106 Å². The number of nitrogens with zero attached hydrogens (tertiary/aromatic N) is 6. The van der Waals surface area contributed by atoms with Crippen LogP contribution in [0.25, 0.3) is 0 Å². The summed E-state index contributed by atoms with van der Waals surface area (Å²) in [7, 11) is 0. The zero-order chi connectivity index (χ0) is 111. The van der Waals surface area contributed by atoms with Gasteiger partial charge in [0.05, 0.1) is 42.7 Å². The minimum atomic E-state index is -1.04. The van der Waals surface area contributed by atoms with E-state index in [2.05, 4.69) is 119 Å². The number of hydrogen-bond acceptors (Lipinski definition) is 18. The highest BCUT2D eigenvalue weighted by Crippen LogP contribution is 2.67. The molecule has 12 N–H and O–H groups in total. The second-order valence-corrected chi connectivity index (χ2v) is 51.2. The molecule has 0 bridgehead atoms. The molecule has 0 aromatic heterocycles. The van der Waals surface area contributed by atoms with Crippen LogP contribution in [0.3, 0.4) is 0 Å². The molecule has 36 nitrogen and oxygen atoms in total. The third kappa shape index (κ3) is 30.2. The van der Waals surface area contributed by atoms with Crippen molar-refractivity contribution in [1.82, 2.24) is 93.2 Å². The number of rotatable bonds is 41. The molecule has 6 aliphatic heterocycles. The average Bonchev–Trinajstić information content (AvgIpc) is 1.53. The highest BCUT2D eigenvalue weighted by Gasteiger charge is 2.73.